The fourth-order valence-electron chi connectivity index (χ4n) is 1.43. The highest BCUT2D eigenvalue weighted by Crippen LogP contribution is 2.07. The Hall–Kier alpha value is -0.660. The molecule has 0 aliphatic rings. The summed E-state index contributed by atoms with van der Waals surface area (Å²) in [5.74, 6) is -0.152. The minimum absolute atomic E-state index is 0.152. The number of aliphatic hydroxyl groups excluding tert-OH is 1. The number of aliphatic hydroxyl groups is 1. The first-order chi connectivity index (χ1) is 7.99. The smallest absolute Gasteiger partial charge is 0.251 e. The van der Waals surface area contributed by atoms with E-state index in [-0.39, 0.29) is 12.5 Å². The predicted molar refractivity (Wildman–Crippen MR) is 76.1 cm³/mol. The minimum Gasteiger partial charge on any atom is -0.390 e. The zero-order valence-electron chi connectivity index (χ0n) is 9.98. The molecule has 1 aromatic carbocycles. The number of nitrogens with one attached hydrogen (secondary N) is 1. The fourth-order valence-corrected chi connectivity index (χ4v) is 1.97. The van der Waals surface area contributed by atoms with Crippen molar-refractivity contribution in [3.05, 3.63) is 33.4 Å². The Labute approximate surface area is 115 Å². The SMILES string of the molecule is CN(C)CC(O)CNC(=O)c1cccc(I)c1. The lowest BCUT2D eigenvalue weighted by molar-refractivity contribution is 0.0892. The number of rotatable bonds is 5. The molecule has 1 atom stereocenters. The third-order valence-electron chi connectivity index (χ3n) is 2.16. The van der Waals surface area contributed by atoms with Gasteiger partial charge >= 0.3 is 0 Å². The van der Waals surface area contributed by atoms with Crippen molar-refractivity contribution >= 4 is 28.5 Å². The quantitative estimate of drug-likeness (QED) is 0.779. The highest BCUT2D eigenvalue weighted by Gasteiger charge is 2.09. The highest BCUT2D eigenvalue weighted by molar-refractivity contribution is 14.1. The maximum Gasteiger partial charge on any atom is 0.251 e. The van der Waals surface area contributed by atoms with Crippen LogP contribution in [0.2, 0.25) is 0 Å². The molecule has 0 bridgehead atoms. The average Bonchev–Trinajstić information content (AvgIpc) is 2.25. The predicted octanol–water partition coefficient (Wildman–Crippen LogP) is 0.944. The maximum atomic E-state index is 11.7. The van der Waals surface area contributed by atoms with E-state index in [9.17, 15) is 9.90 Å². The van der Waals surface area contributed by atoms with Gasteiger partial charge < -0.3 is 15.3 Å². The van der Waals surface area contributed by atoms with Gasteiger partial charge in [-0.1, -0.05) is 6.07 Å². The van der Waals surface area contributed by atoms with Crippen molar-refractivity contribution in [3.8, 4) is 0 Å². The molecule has 1 rings (SSSR count). The lowest BCUT2D eigenvalue weighted by atomic mass is 10.2. The van der Waals surface area contributed by atoms with E-state index in [2.05, 4.69) is 27.9 Å². The van der Waals surface area contributed by atoms with E-state index in [0.29, 0.717) is 12.1 Å². The molecule has 0 aliphatic heterocycles. The Bertz CT molecular complexity index is 383. The Kier molecular flexibility index (Phi) is 5.87. The van der Waals surface area contributed by atoms with Crippen LogP contribution in [-0.2, 0) is 0 Å². The van der Waals surface area contributed by atoms with Crippen molar-refractivity contribution in [1.29, 1.82) is 0 Å². The number of nitrogens with zero attached hydrogens (tertiary/aromatic N) is 1. The topological polar surface area (TPSA) is 52.6 Å². The number of hydrogen-bond donors (Lipinski definition) is 2. The molecule has 0 fully saturated rings. The molecule has 0 aliphatic carbocycles. The third-order valence-corrected chi connectivity index (χ3v) is 2.83. The summed E-state index contributed by atoms with van der Waals surface area (Å²) in [7, 11) is 3.76. The van der Waals surface area contributed by atoms with Gasteiger partial charge in [-0.15, -0.1) is 0 Å². The van der Waals surface area contributed by atoms with Gasteiger partial charge in [0, 0.05) is 22.2 Å². The average molecular weight is 348 g/mol. The van der Waals surface area contributed by atoms with Crippen molar-refractivity contribution < 1.29 is 9.90 Å². The number of hydrogen-bond acceptors (Lipinski definition) is 3. The molecule has 17 heavy (non-hydrogen) atoms. The molecule has 0 saturated carbocycles. The van der Waals surface area contributed by atoms with Crippen LogP contribution in [0.1, 0.15) is 10.4 Å². The molecule has 0 aromatic heterocycles. The van der Waals surface area contributed by atoms with Gasteiger partial charge in [0.1, 0.15) is 0 Å². The lowest BCUT2D eigenvalue weighted by Gasteiger charge is -2.16. The summed E-state index contributed by atoms with van der Waals surface area (Å²) in [5, 5.41) is 12.3. The molecular weight excluding hydrogens is 331 g/mol. The van der Waals surface area contributed by atoms with Crippen LogP contribution >= 0.6 is 22.6 Å². The number of benzene rings is 1. The molecule has 5 heteroatoms. The van der Waals surface area contributed by atoms with Crippen LogP contribution in [0, 0.1) is 3.57 Å². The van der Waals surface area contributed by atoms with E-state index in [4.69, 9.17) is 0 Å². The first-order valence-corrected chi connectivity index (χ1v) is 6.43. The Morgan fingerprint density at radius 1 is 1.53 bits per heavy atom. The van der Waals surface area contributed by atoms with E-state index < -0.39 is 6.10 Å². The number of halogens is 1. The summed E-state index contributed by atoms with van der Waals surface area (Å²) >= 11 is 2.16. The molecule has 4 nitrogen and oxygen atoms in total. The molecule has 0 radical (unpaired) electrons. The van der Waals surface area contributed by atoms with Crippen LogP contribution in [0.25, 0.3) is 0 Å². The standard InChI is InChI=1S/C12H17IN2O2/c1-15(2)8-11(16)7-14-12(17)9-4-3-5-10(13)6-9/h3-6,11,16H,7-8H2,1-2H3,(H,14,17). The number of likely N-dealkylation sites (N-methyl/N-ethyl adjacent to an activating group) is 1. The van der Waals surface area contributed by atoms with Gasteiger partial charge in [-0.05, 0) is 54.9 Å². The molecule has 0 heterocycles. The molecule has 94 valence electrons. The number of carbonyl (C=O) groups excluding carboxylic acids is 1. The van der Waals surface area contributed by atoms with Gasteiger partial charge in [0.05, 0.1) is 6.10 Å². The van der Waals surface area contributed by atoms with Crippen LogP contribution in [0.4, 0.5) is 0 Å². The van der Waals surface area contributed by atoms with E-state index in [1.165, 1.54) is 0 Å². The van der Waals surface area contributed by atoms with Crippen LogP contribution in [-0.4, -0.2) is 49.2 Å². The van der Waals surface area contributed by atoms with Gasteiger partial charge in [-0.25, -0.2) is 0 Å². The number of carbonyl (C=O) groups is 1. The fraction of sp³-hybridized carbons (Fsp3) is 0.417. The Balaban J connectivity index is 2.45. The summed E-state index contributed by atoms with van der Waals surface area (Å²) in [6.45, 7) is 0.801. The maximum absolute atomic E-state index is 11.7. The summed E-state index contributed by atoms with van der Waals surface area (Å²) < 4.78 is 1.02. The van der Waals surface area contributed by atoms with Crippen molar-refractivity contribution in [2.45, 2.75) is 6.10 Å². The summed E-state index contributed by atoms with van der Waals surface area (Å²) in [6.07, 6.45) is -0.545. The largest absolute Gasteiger partial charge is 0.390 e. The monoisotopic (exact) mass is 348 g/mol. The molecule has 1 aromatic rings. The molecular formula is C12H17IN2O2. The van der Waals surface area contributed by atoms with E-state index in [1.54, 1.807) is 6.07 Å². The first kappa shape index (κ1) is 14.4. The van der Waals surface area contributed by atoms with Gasteiger partial charge in [0.25, 0.3) is 5.91 Å². The van der Waals surface area contributed by atoms with Gasteiger partial charge in [0.15, 0.2) is 0 Å². The minimum atomic E-state index is -0.545. The highest BCUT2D eigenvalue weighted by atomic mass is 127. The van der Waals surface area contributed by atoms with Crippen LogP contribution in [0.3, 0.4) is 0 Å². The zero-order valence-corrected chi connectivity index (χ0v) is 12.1. The van der Waals surface area contributed by atoms with E-state index >= 15 is 0 Å². The van der Waals surface area contributed by atoms with Gasteiger partial charge in [-0.2, -0.15) is 0 Å². The van der Waals surface area contributed by atoms with E-state index in [0.717, 1.165) is 3.57 Å². The van der Waals surface area contributed by atoms with Crippen LogP contribution in [0.5, 0.6) is 0 Å². The molecule has 1 amide bonds. The lowest BCUT2D eigenvalue weighted by Crippen LogP contribution is -2.37. The van der Waals surface area contributed by atoms with E-state index in [1.807, 2.05) is 37.2 Å². The first-order valence-electron chi connectivity index (χ1n) is 5.35. The van der Waals surface area contributed by atoms with Crippen molar-refractivity contribution in [2.24, 2.45) is 0 Å². The van der Waals surface area contributed by atoms with Crippen molar-refractivity contribution in [1.82, 2.24) is 10.2 Å². The van der Waals surface area contributed by atoms with Gasteiger partial charge in [0.2, 0.25) is 0 Å². The van der Waals surface area contributed by atoms with Gasteiger partial charge in [-0.3, -0.25) is 4.79 Å². The zero-order chi connectivity index (χ0) is 12.8. The summed E-state index contributed by atoms with van der Waals surface area (Å²) in [4.78, 5) is 13.6. The third kappa shape index (κ3) is 5.47. The molecule has 1 unspecified atom stereocenters. The Morgan fingerprint density at radius 2 is 2.24 bits per heavy atom. The molecule has 0 spiro atoms. The second-order valence-corrected chi connectivity index (χ2v) is 5.38. The second-order valence-electron chi connectivity index (χ2n) is 4.14. The summed E-state index contributed by atoms with van der Waals surface area (Å²) in [6, 6.07) is 7.34. The normalized spacial score (nSPS) is 12.5. The van der Waals surface area contributed by atoms with Crippen molar-refractivity contribution in [2.75, 3.05) is 27.2 Å². The van der Waals surface area contributed by atoms with Crippen LogP contribution < -0.4 is 5.32 Å². The number of amides is 1. The Morgan fingerprint density at radius 3 is 2.82 bits per heavy atom. The molecule has 0 saturated heterocycles. The summed E-state index contributed by atoms with van der Waals surface area (Å²) in [5.41, 5.74) is 0.619. The van der Waals surface area contributed by atoms with Crippen LogP contribution in [0.15, 0.2) is 24.3 Å². The second kappa shape index (κ2) is 6.93. The molecule has 2 N–H and O–H groups in total. The van der Waals surface area contributed by atoms with Crippen molar-refractivity contribution in [3.63, 3.8) is 0 Å².